The largest absolute Gasteiger partial charge is 0.480 e. The van der Waals surface area contributed by atoms with Crippen LogP contribution in [0.1, 0.15) is 39.2 Å². The number of carboxylic acid groups (broad SMARTS) is 1. The van der Waals surface area contributed by atoms with Gasteiger partial charge in [-0.05, 0) is 76.3 Å². The Morgan fingerprint density at radius 1 is 0.962 bits per heavy atom. The van der Waals surface area contributed by atoms with Crippen molar-refractivity contribution in [2.75, 3.05) is 4.72 Å². The Hall–Kier alpha value is -2.35. The number of nitrogens with one attached hydrogen (secondary N) is 1. The van der Waals surface area contributed by atoms with Gasteiger partial charge in [0, 0.05) is 0 Å². The molecule has 0 spiro atoms. The van der Waals surface area contributed by atoms with E-state index in [2.05, 4.69) is 9.82 Å². The smallest absolute Gasteiger partial charge is 0.325 e. The summed E-state index contributed by atoms with van der Waals surface area (Å²) in [7, 11) is -3.85. The van der Waals surface area contributed by atoms with Gasteiger partial charge in [-0.3, -0.25) is 14.2 Å². The van der Waals surface area contributed by atoms with Crippen LogP contribution in [-0.4, -0.2) is 29.3 Å². The zero-order valence-electron chi connectivity index (χ0n) is 16.2. The standard InChI is InChI=1S/C18H25N3O4S/c1-9-10(2)12(4)18(13(5)11(9)3)26(24,25)20-17-14(6)19-21(15(17)7)8-16(22)23/h20H,8H2,1-7H3,(H,22,23). The van der Waals surface area contributed by atoms with Crippen LogP contribution in [0.4, 0.5) is 5.69 Å². The number of hydrogen-bond acceptors (Lipinski definition) is 4. The van der Waals surface area contributed by atoms with Crippen molar-refractivity contribution in [3.63, 3.8) is 0 Å². The van der Waals surface area contributed by atoms with Crippen LogP contribution in [0.15, 0.2) is 4.90 Å². The third-order valence-electron chi connectivity index (χ3n) is 5.10. The number of aromatic nitrogens is 2. The van der Waals surface area contributed by atoms with Crippen LogP contribution in [0, 0.1) is 48.5 Å². The summed E-state index contributed by atoms with van der Waals surface area (Å²) >= 11 is 0. The number of carbonyl (C=O) groups is 1. The first kappa shape index (κ1) is 20.0. The minimum atomic E-state index is -3.85. The average Bonchev–Trinajstić information content (AvgIpc) is 2.77. The van der Waals surface area contributed by atoms with Crippen LogP contribution in [-0.2, 0) is 21.4 Å². The quantitative estimate of drug-likeness (QED) is 0.832. The average molecular weight is 379 g/mol. The lowest BCUT2D eigenvalue weighted by Gasteiger charge is -2.19. The summed E-state index contributed by atoms with van der Waals surface area (Å²) in [5.74, 6) is -1.04. The molecule has 2 rings (SSSR count). The molecule has 0 saturated carbocycles. The molecule has 8 heteroatoms. The van der Waals surface area contributed by atoms with Crippen molar-refractivity contribution in [1.82, 2.24) is 9.78 Å². The van der Waals surface area contributed by atoms with Gasteiger partial charge in [-0.1, -0.05) is 0 Å². The summed E-state index contributed by atoms with van der Waals surface area (Å²) in [6.07, 6.45) is 0. The van der Waals surface area contributed by atoms with Crippen molar-refractivity contribution in [3.05, 3.63) is 39.2 Å². The lowest BCUT2D eigenvalue weighted by atomic mass is 9.95. The fourth-order valence-electron chi connectivity index (χ4n) is 3.18. The van der Waals surface area contributed by atoms with Crippen molar-refractivity contribution < 1.29 is 18.3 Å². The van der Waals surface area contributed by atoms with Gasteiger partial charge in [0.1, 0.15) is 6.54 Å². The van der Waals surface area contributed by atoms with Crippen molar-refractivity contribution in [2.45, 2.75) is 59.9 Å². The van der Waals surface area contributed by atoms with E-state index in [0.29, 0.717) is 28.2 Å². The number of carboxylic acids is 1. The maximum absolute atomic E-state index is 13.1. The third kappa shape index (κ3) is 3.33. The molecule has 26 heavy (non-hydrogen) atoms. The Labute approximate surface area is 154 Å². The number of benzene rings is 1. The number of anilines is 1. The van der Waals surface area contributed by atoms with E-state index in [1.165, 1.54) is 4.68 Å². The van der Waals surface area contributed by atoms with E-state index in [-0.39, 0.29) is 11.4 Å². The second kappa shape index (κ2) is 6.75. The Morgan fingerprint density at radius 2 is 1.42 bits per heavy atom. The summed E-state index contributed by atoms with van der Waals surface area (Å²) in [6, 6.07) is 0. The highest BCUT2D eigenvalue weighted by Gasteiger charge is 2.26. The molecule has 7 nitrogen and oxygen atoms in total. The number of rotatable bonds is 5. The van der Waals surface area contributed by atoms with Crippen molar-refractivity contribution >= 4 is 21.7 Å². The maximum atomic E-state index is 13.1. The van der Waals surface area contributed by atoms with E-state index in [1.807, 2.05) is 20.8 Å². The predicted molar refractivity (Wildman–Crippen MR) is 100 cm³/mol. The molecule has 0 atom stereocenters. The normalized spacial score (nSPS) is 11.7. The van der Waals surface area contributed by atoms with E-state index >= 15 is 0 Å². The zero-order valence-corrected chi connectivity index (χ0v) is 17.0. The zero-order chi connectivity index (χ0) is 20.0. The molecular formula is C18H25N3O4S. The molecule has 0 bridgehead atoms. The first-order valence-electron chi connectivity index (χ1n) is 8.24. The van der Waals surface area contributed by atoms with Gasteiger partial charge < -0.3 is 5.11 Å². The van der Waals surface area contributed by atoms with Gasteiger partial charge in [0.2, 0.25) is 0 Å². The molecule has 0 saturated heterocycles. The van der Waals surface area contributed by atoms with Gasteiger partial charge >= 0.3 is 5.97 Å². The monoisotopic (exact) mass is 379 g/mol. The molecule has 0 aliphatic rings. The molecule has 0 aliphatic heterocycles. The fraction of sp³-hybridized carbons (Fsp3) is 0.444. The molecule has 0 aliphatic carbocycles. The van der Waals surface area contributed by atoms with Crippen LogP contribution in [0.25, 0.3) is 0 Å². The van der Waals surface area contributed by atoms with Gasteiger partial charge in [-0.25, -0.2) is 8.42 Å². The molecule has 0 fully saturated rings. The van der Waals surface area contributed by atoms with Gasteiger partial charge in [0.25, 0.3) is 10.0 Å². The van der Waals surface area contributed by atoms with E-state index in [0.717, 1.165) is 16.7 Å². The summed E-state index contributed by atoms with van der Waals surface area (Å²) in [4.78, 5) is 11.2. The lowest BCUT2D eigenvalue weighted by Crippen LogP contribution is -2.18. The molecule has 0 unspecified atom stereocenters. The third-order valence-corrected chi connectivity index (χ3v) is 6.73. The lowest BCUT2D eigenvalue weighted by molar-refractivity contribution is -0.137. The number of aryl methyl sites for hydroxylation is 1. The van der Waals surface area contributed by atoms with Crippen LogP contribution in [0.2, 0.25) is 0 Å². The van der Waals surface area contributed by atoms with Gasteiger partial charge in [-0.15, -0.1) is 0 Å². The number of nitrogens with zero attached hydrogens (tertiary/aromatic N) is 2. The minimum Gasteiger partial charge on any atom is -0.480 e. The fourth-order valence-corrected chi connectivity index (χ4v) is 4.96. The van der Waals surface area contributed by atoms with Gasteiger partial charge in [0.15, 0.2) is 0 Å². The van der Waals surface area contributed by atoms with Gasteiger partial charge in [-0.2, -0.15) is 5.10 Å². The number of hydrogen-bond donors (Lipinski definition) is 2. The number of aliphatic carboxylic acids is 1. The van der Waals surface area contributed by atoms with Crippen molar-refractivity contribution in [1.29, 1.82) is 0 Å². The molecule has 0 amide bonds. The summed E-state index contributed by atoms with van der Waals surface area (Å²) in [5, 5.41) is 13.1. The second-order valence-electron chi connectivity index (χ2n) is 6.66. The molecule has 1 aromatic carbocycles. The molecule has 1 aromatic heterocycles. The predicted octanol–water partition coefficient (Wildman–Crippen LogP) is 2.93. The molecule has 142 valence electrons. The summed E-state index contributed by atoms with van der Waals surface area (Å²) < 4.78 is 30.2. The van der Waals surface area contributed by atoms with E-state index in [4.69, 9.17) is 5.11 Å². The topological polar surface area (TPSA) is 101 Å². The maximum Gasteiger partial charge on any atom is 0.325 e. The van der Waals surface area contributed by atoms with Crippen LogP contribution < -0.4 is 4.72 Å². The molecule has 0 radical (unpaired) electrons. The number of sulfonamides is 1. The highest BCUT2D eigenvalue weighted by molar-refractivity contribution is 7.92. The summed E-state index contributed by atoms with van der Waals surface area (Å²) in [6.45, 7) is 12.4. The molecule has 2 N–H and O–H groups in total. The first-order chi connectivity index (χ1) is 11.9. The van der Waals surface area contributed by atoms with E-state index in [1.54, 1.807) is 27.7 Å². The van der Waals surface area contributed by atoms with Gasteiger partial charge in [0.05, 0.1) is 22.0 Å². The SMILES string of the molecule is Cc1nn(CC(=O)O)c(C)c1NS(=O)(=O)c1c(C)c(C)c(C)c(C)c1C. The summed E-state index contributed by atoms with van der Waals surface area (Å²) in [5.41, 5.74) is 5.62. The Bertz CT molecular complexity index is 975. The van der Waals surface area contributed by atoms with Crippen LogP contribution in [0.5, 0.6) is 0 Å². The highest BCUT2D eigenvalue weighted by Crippen LogP contribution is 2.32. The Balaban J connectivity index is 2.59. The molecule has 2 aromatic rings. The molecule has 1 heterocycles. The minimum absolute atomic E-state index is 0.267. The van der Waals surface area contributed by atoms with Crippen LogP contribution >= 0.6 is 0 Å². The van der Waals surface area contributed by atoms with Crippen molar-refractivity contribution in [2.24, 2.45) is 0 Å². The molecular weight excluding hydrogens is 354 g/mol. The second-order valence-corrected chi connectivity index (χ2v) is 8.28. The van der Waals surface area contributed by atoms with Crippen LogP contribution in [0.3, 0.4) is 0 Å². The Morgan fingerprint density at radius 3 is 1.88 bits per heavy atom. The van der Waals surface area contributed by atoms with E-state index < -0.39 is 16.0 Å². The Kier molecular flexibility index (Phi) is 5.19. The van der Waals surface area contributed by atoms with Crippen molar-refractivity contribution in [3.8, 4) is 0 Å². The highest BCUT2D eigenvalue weighted by atomic mass is 32.2. The first-order valence-corrected chi connectivity index (χ1v) is 9.72. The van der Waals surface area contributed by atoms with E-state index in [9.17, 15) is 13.2 Å².